The minimum absolute atomic E-state index is 0.420. The van der Waals surface area contributed by atoms with Crippen LogP contribution in [0.25, 0.3) is 5.69 Å². The summed E-state index contributed by atoms with van der Waals surface area (Å²) in [4.78, 5) is 4.04. The molecule has 3 rings (SSSR count). The van der Waals surface area contributed by atoms with E-state index in [4.69, 9.17) is 5.73 Å². The van der Waals surface area contributed by atoms with Gasteiger partial charge in [0.25, 0.3) is 0 Å². The molecule has 5 heteroatoms. The number of nitrogens with zero attached hydrogens (tertiary/aromatic N) is 4. The Balaban J connectivity index is 1.84. The number of hydrogen-bond acceptors (Lipinski definition) is 4. The zero-order valence-corrected chi connectivity index (χ0v) is 12.6. The molecule has 0 aliphatic heterocycles. The van der Waals surface area contributed by atoms with Crippen molar-refractivity contribution in [2.24, 2.45) is 5.73 Å². The normalized spacial score (nSPS) is 10.8. The average molecular weight is 293 g/mol. The molecule has 0 bridgehead atoms. The first-order valence-electron chi connectivity index (χ1n) is 7.43. The van der Waals surface area contributed by atoms with Crippen LogP contribution in [0.15, 0.2) is 48.8 Å². The molecule has 0 saturated carbocycles. The number of hydrogen-bond donors (Lipinski definition) is 1. The first-order chi connectivity index (χ1) is 10.8. The lowest BCUT2D eigenvalue weighted by Crippen LogP contribution is -2.05. The van der Waals surface area contributed by atoms with Crippen molar-refractivity contribution in [1.82, 2.24) is 20.0 Å². The van der Waals surface area contributed by atoms with E-state index < -0.39 is 0 Å². The summed E-state index contributed by atoms with van der Waals surface area (Å²) < 4.78 is 1.87. The van der Waals surface area contributed by atoms with Gasteiger partial charge >= 0.3 is 0 Å². The van der Waals surface area contributed by atoms with Crippen LogP contribution in [0.1, 0.15) is 29.4 Å². The maximum atomic E-state index is 5.71. The Morgan fingerprint density at radius 2 is 1.68 bits per heavy atom. The fourth-order valence-corrected chi connectivity index (χ4v) is 2.54. The van der Waals surface area contributed by atoms with Gasteiger partial charge in [0.05, 0.1) is 17.1 Å². The molecule has 0 amide bonds. The molecule has 2 N–H and O–H groups in total. The second kappa shape index (κ2) is 6.49. The Morgan fingerprint density at radius 1 is 1.00 bits per heavy atom. The molecule has 0 radical (unpaired) electrons. The van der Waals surface area contributed by atoms with E-state index in [1.807, 2.05) is 29.2 Å². The summed E-state index contributed by atoms with van der Waals surface area (Å²) in [5.41, 5.74) is 11.2. The molecule has 0 saturated heterocycles. The van der Waals surface area contributed by atoms with E-state index in [2.05, 4.69) is 46.5 Å². The van der Waals surface area contributed by atoms with Gasteiger partial charge in [-0.05, 0) is 48.2 Å². The van der Waals surface area contributed by atoms with E-state index >= 15 is 0 Å². The molecule has 0 aliphatic rings. The lowest BCUT2D eigenvalue weighted by molar-refractivity contribution is 0.766. The predicted molar refractivity (Wildman–Crippen MR) is 85.7 cm³/mol. The van der Waals surface area contributed by atoms with Gasteiger partial charge in [-0.25, -0.2) is 4.68 Å². The van der Waals surface area contributed by atoms with Gasteiger partial charge in [0.15, 0.2) is 0 Å². The van der Waals surface area contributed by atoms with E-state index in [-0.39, 0.29) is 0 Å². The van der Waals surface area contributed by atoms with Crippen LogP contribution in [-0.2, 0) is 19.4 Å². The minimum atomic E-state index is 0.420. The summed E-state index contributed by atoms with van der Waals surface area (Å²) in [6, 6.07) is 12.5. The smallest absolute Gasteiger partial charge is 0.0999 e. The largest absolute Gasteiger partial charge is 0.325 e. The van der Waals surface area contributed by atoms with Gasteiger partial charge in [-0.2, -0.15) is 0 Å². The highest BCUT2D eigenvalue weighted by Gasteiger charge is 2.11. The zero-order chi connectivity index (χ0) is 15.4. The lowest BCUT2D eigenvalue weighted by Gasteiger charge is -2.07. The average Bonchev–Trinajstić information content (AvgIpc) is 2.99. The summed E-state index contributed by atoms with van der Waals surface area (Å²) in [5, 5.41) is 8.37. The molecule has 2 heterocycles. The Morgan fingerprint density at radius 3 is 2.32 bits per heavy atom. The highest BCUT2D eigenvalue weighted by molar-refractivity contribution is 5.37. The molecular formula is C17H19N5. The van der Waals surface area contributed by atoms with Crippen LogP contribution in [0.3, 0.4) is 0 Å². The van der Waals surface area contributed by atoms with Crippen molar-refractivity contribution in [2.45, 2.75) is 26.3 Å². The highest BCUT2D eigenvalue weighted by atomic mass is 15.4. The molecular weight excluding hydrogens is 274 g/mol. The maximum Gasteiger partial charge on any atom is 0.0999 e. The molecule has 0 aliphatic carbocycles. The number of benzene rings is 1. The van der Waals surface area contributed by atoms with Crippen molar-refractivity contribution in [3.63, 3.8) is 0 Å². The lowest BCUT2D eigenvalue weighted by atomic mass is 10.1. The number of pyridine rings is 1. The number of nitrogens with two attached hydrogens (primary N) is 1. The number of aromatic nitrogens is 4. The third kappa shape index (κ3) is 2.89. The monoisotopic (exact) mass is 293 g/mol. The van der Waals surface area contributed by atoms with Crippen molar-refractivity contribution in [3.05, 3.63) is 71.3 Å². The predicted octanol–water partition coefficient (Wildman–Crippen LogP) is 2.27. The molecule has 0 fully saturated rings. The van der Waals surface area contributed by atoms with E-state index in [1.54, 1.807) is 0 Å². The molecule has 0 atom stereocenters. The summed E-state index contributed by atoms with van der Waals surface area (Å²) in [7, 11) is 0. The van der Waals surface area contributed by atoms with Crippen molar-refractivity contribution in [2.75, 3.05) is 0 Å². The first-order valence-corrected chi connectivity index (χ1v) is 7.43. The summed E-state index contributed by atoms with van der Waals surface area (Å²) >= 11 is 0. The molecule has 5 nitrogen and oxygen atoms in total. The fourth-order valence-electron chi connectivity index (χ4n) is 2.54. The standard InChI is InChI=1S/C17H19N5/c1-2-17-16(12-18)20-21-22(17)15-5-3-13(4-6-15)11-14-7-9-19-10-8-14/h3-10H,2,11-12,18H2,1H3. The fraction of sp³-hybridized carbons (Fsp3) is 0.235. The Labute approximate surface area is 129 Å². The quantitative estimate of drug-likeness (QED) is 0.783. The molecule has 22 heavy (non-hydrogen) atoms. The van der Waals surface area contributed by atoms with Crippen LogP contribution in [0.4, 0.5) is 0 Å². The van der Waals surface area contributed by atoms with Gasteiger partial charge < -0.3 is 5.73 Å². The van der Waals surface area contributed by atoms with Gasteiger partial charge in [0, 0.05) is 18.9 Å². The van der Waals surface area contributed by atoms with Crippen molar-refractivity contribution in [3.8, 4) is 5.69 Å². The Kier molecular flexibility index (Phi) is 4.25. The highest BCUT2D eigenvalue weighted by Crippen LogP contribution is 2.16. The topological polar surface area (TPSA) is 69.6 Å². The SMILES string of the molecule is CCc1c(CN)nnn1-c1ccc(Cc2ccncc2)cc1. The van der Waals surface area contributed by atoms with Crippen molar-refractivity contribution < 1.29 is 0 Å². The summed E-state index contributed by atoms with van der Waals surface area (Å²) in [5.74, 6) is 0. The van der Waals surface area contributed by atoms with Gasteiger partial charge in [-0.15, -0.1) is 5.10 Å². The second-order valence-corrected chi connectivity index (χ2v) is 5.15. The van der Waals surface area contributed by atoms with Gasteiger partial charge in [-0.3, -0.25) is 4.98 Å². The zero-order valence-electron chi connectivity index (χ0n) is 12.6. The third-order valence-electron chi connectivity index (χ3n) is 3.71. The van der Waals surface area contributed by atoms with E-state index in [0.717, 1.165) is 29.9 Å². The molecule has 3 aromatic rings. The summed E-state index contributed by atoms with van der Waals surface area (Å²) in [6.45, 7) is 2.51. The first kappa shape index (κ1) is 14.4. The van der Waals surface area contributed by atoms with Crippen LogP contribution in [-0.4, -0.2) is 20.0 Å². The summed E-state index contributed by atoms with van der Waals surface area (Å²) in [6.07, 6.45) is 5.40. The second-order valence-electron chi connectivity index (χ2n) is 5.15. The van der Waals surface area contributed by atoms with Gasteiger partial charge in [0.2, 0.25) is 0 Å². The number of rotatable bonds is 5. The molecule has 1 aromatic carbocycles. The molecule has 0 unspecified atom stereocenters. The Bertz CT molecular complexity index is 732. The van der Waals surface area contributed by atoms with Crippen molar-refractivity contribution >= 4 is 0 Å². The van der Waals surface area contributed by atoms with E-state index in [0.29, 0.717) is 6.54 Å². The molecule has 112 valence electrons. The van der Waals surface area contributed by atoms with Crippen LogP contribution in [0.5, 0.6) is 0 Å². The molecule has 0 spiro atoms. The van der Waals surface area contributed by atoms with Crippen LogP contribution < -0.4 is 5.73 Å². The maximum absolute atomic E-state index is 5.71. The minimum Gasteiger partial charge on any atom is -0.325 e. The van der Waals surface area contributed by atoms with Crippen LogP contribution >= 0.6 is 0 Å². The van der Waals surface area contributed by atoms with Crippen LogP contribution in [0.2, 0.25) is 0 Å². The third-order valence-corrected chi connectivity index (χ3v) is 3.71. The molecule has 2 aromatic heterocycles. The Hall–Kier alpha value is -2.53. The van der Waals surface area contributed by atoms with Gasteiger partial charge in [-0.1, -0.05) is 24.3 Å². The van der Waals surface area contributed by atoms with E-state index in [9.17, 15) is 0 Å². The van der Waals surface area contributed by atoms with Crippen LogP contribution in [0, 0.1) is 0 Å². The van der Waals surface area contributed by atoms with E-state index in [1.165, 1.54) is 11.1 Å². The van der Waals surface area contributed by atoms with Crippen molar-refractivity contribution in [1.29, 1.82) is 0 Å². The van der Waals surface area contributed by atoms with Gasteiger partial charge in [0.1, 0.15) is 0 Å².